The average molecular weight is 247 g/mol. The number of benzene rings is 1. The van der Waals surface area contributed by atoms with E-state index in [0.29, 0.717) is 5.69 Å². The second kappa shape index (κ2) is 4.54. The van der Waals surface area contributed by atoms with Crippen molar-refractivity contribution in [1.29, 1.82) is 0 Å². The molecule has 2 unspecified atom stereocenters. The standard InChI is InChI=1S/C11H12F3NO2/c12-11(13,14)7-2-1-3-8(4-7)15-9-5-17-6-10(9)16/h1-4,9-10,15-16H,5-6H2. The van der Waals surface area contributed by atoms with Gasteiger partial charge >= 0.3 is 6.18 Å². The molecule has 0 amide bonds. The molecule has 17 heavy (non-hydrogen) atoms. The maximum Gasteiger partial charge on any atom is 0.416 e. The van der Waals surface area contributed by atoms with Gasteiger partial charge in [-0.25, -0.2) is 0 Å². The van der Waals surface area contributed by atoms with Crippen molar-refractivity contribution >= 4 is 5.69 Å². The zero-order valence-electron chi connectivity index (χ0n) is 8.87. The lowest BCUT2D eigenvalue weighted by Gasteiger charge is -2.17. The minimum Gasteiger partial charge on any atom is -0.388 e. The molecule has 0 spiro atoms. The van der Waals surface area contributed by atoms with Gasteiger partial charge in [-0.2, -0.15) is 13.2 Å². The highest BCUT2D eigenvalue weighted by molar-refractivity contribution is 5.47. The second-order valence-electron chi connectivity index (χ2n) is 3.93. The third-order valence-corrected chi connectivity index (χ3v) is 2.59. The molecule has 2 N–H and O–H groups in total. The second-order valence-corrected chi connectivity index (χ2v) is 3.93. The number of anilines is 1. The Kier molecular flexibility index (Phi) is 3.26. The first-order valence-corrected chi connectivity index (χ1v) is 5.16. The number of hydrogen-bond acceptors (Lipinski definition) is 3. The molecule has 1 aromatic rings. The Hall–Kier alpha value is -1.27. The molecular formula is C11H12F3NO2. The Morgan fingerprint density at radius 2 is 2.06 bits per heavy atom. The molecule has 3 nitrogen and oxygen atoms in total. The van der Waals surface area contributed by atoms with Crippen LogP contribution >= 0.6 is 0 Å². The molecule has 0 saturated carbocycles. The summed E-state index contributed by atoms with van der Waals surface area (Å²) in [6.45, 7) is 0.494. The first kappa shape index (κ1) is 12.2. The fraction of sp³-hybridized carbons (Fsp3) is 0.455. The van der Waals surface area contributed by atoms with Gasteiger partial charge in [0.2, 0.25) is 0 Å². The number of hydrogen-bond donors (Lipinski definition) is 2. The largest absolute Gasteiger partial charge is 0.416 e. The fourth-order valence-electron chi connectivity index (χ4n) is 1.68. The fourth-order valence-corrected chi connectivity index (χ4v) is 1.68. The smallest absolute Gasteiger partial charge is 0.388 e. The summed E-state index contributed by atoms with van der Waals surface area (Å²) < 4.78 is 42.4. The van der Waals surface area contributed by atoms with Gasteiger partial charge in [0, 0.05) is 5.69 Å². The third kappa shape index (κ3) is 2.89. The van der Waals surface area contributed by atoms with E-state index in [1.54, 1.807) is 0 Å². The monoisotopic (exact) mass is 247 g/mol. The van der Waals surface area contributed by atoms with Crippen molar-refractivity contribution in [3.05, 3.63) is 29.8 Å². The predicted molar refractivity (Wildman–Crippen MR) is 55.7 cm³/mol. The van der Waals surface area contributed by atoms with Crippen molar-refractivity contribution in [2.45, 2.75) is 18.3 Å². The van der Waals surface area contributed by atoms with Gasteiger partial charge in [-0.1, -0.05) is 6.07 Å². The van der Waals surface area contributed by atoms with Gasteiger partial charge in [0.25, 0.3) is 0 Å². The van der Waals surface area contributed by atoms with Crippen molar-refractivity contribution in [1.82, 2.24) is 0 Å². The summed E-state index contributed by atoms with van der Waals surface area (Å²) >= 11 is 0. The van der Waals surface area contributed by atoms with Crippen LogP contribution in [0, 0.1) is 0 Å². The van der Waals surface area contributed by atoms with Crippen molar-refractivity contribution < 1.29 is 23.0 Å². The molecule has 1 aliphatic rings. The molecule has 1 fully saturated rings. The number of alkyl halides is 3. The molecule has 1 heterocycles. The van der Waals surface area contributed by atoms with E-state index in [9.17, 15) is 18.3 Å². The van der Waals surface area contributed by atoms with Gasteiger partial charge in [-0.3, -0.25) is 0 Å². The summed E-state index contributed by atoms with van der Waals surface area (Å²) in [6, 6.07) is 4.52. The lowest BCUT2D eigenvalue weighted by atomic mass is 10.1. The Labute approximate surface area is 96.2 Å². The van der Waals surface area contributed by atoms with Gasteiger partial charge < -0.3 is 15.2 Å². The van der Waals surface area contributed by atoms with Crippen LogP contribution in [0.5, 0.6) is 0 Å². The average Bonchev–Trinajstić information content (AvgIpc) is 2.64. The maximum absolute atomic E-state index is 12.5. The van der Waals surface area contributed by atoms with E-state index in [1.165, 1.54) is 12.1 Å². The Bertz CT molecular complexity index is 395. The Balaban J connectivity index is 2.11. The molecule has 2 rings (SSSR count). The molecule has 1 aliphatic heterocycles. The Morgan fingerprint density at radius 1 is 1.29 bits per heavy atom. The normalized spacial score (nSPS) is 24.9. The molecule has 0 bridgehead atoms. The van der Waals surface area contributed by atoms with Crippen LogP contribution in [-0.2, 0) is 10.9 Å². The van der Waals surface area contributed by atoms with Crippen LogP contribution in [0.25, 0.3) is 0 Å². The van der Waals surface area contributed by atoms with E-state index in [4.69, 9.17) is 4.74 Å². The number of ether oxygens (including phenoxy) is 1. The zero-order valence-corrected chi connectivity index (χ0v) is 8.87. The molecule has 1 aromatic carbocycles. The zero-order chi connectivity index (χ0) is 12.5. The van der Waals surface area contributed by atoms with Crippen LogP contribution in [0.4, 0.5) is 18.9 Å². The van der Waals surface area contributed by atoms with Gasteiger partial charge in [-0.05, 0) is 18.2 Å². The van der Waals surface area contributed by atoms with Crippen LogP contribution in [0.2, 0.25) is 0 Å². The Morgan fingerprint density at radius 3 is 2.65 bits per heavy atom. The molecule has 6 heteroatoms. The summed E-state index contributed by atoms with van der Waals surface area (Å²) in [7, 11) is 0. The van der Waals surface area contributed by atoms with Gasteiger partial charge in [-0.15, -0.1) is 0 Å². The molecular weight excluding hydrogens is 235 g/mol. The SMILES string of the molecule is OC1COCC1Nc1cccc(C(F)(F)F)c1. The summed E-state index contributed by atoms with van der Waals surface area (Å²) in [4.78, 5) is 0. The number of aliphatic hydroxyl groups is 1. The molecule has 0 radical (unpaired) electrons. The van der Waals surface area contributed by atoms with E-state index in [2.05, 4.69) is 5.32 Å². The molecule has 0 aromatic heterocycles. The minimum absolute atomic E-state index is 0.205. The van der Waals surface area contributed by atoms with Crippen molar-refractivity contribution in [3.63, 3.8) is 0 Å². The predicted octanol–water partition coefficient (Wildman–Crippen LogP) is 1.88. The first-order chi connectivity index (χ1) is 7.97. The van der Waals surface area contributed by atoms with E-state index in [1.807, 2.05) is 0 Å². The lowest BCUT2D eigenvalue weighted by molar-refractivity contribution is -0.137. The molecule has 2 atom stereocenters. The molecule has 0 aliphatic carbocycles. The highest BCUT2D eigenvalue weighted by Crippen LogP contribution is 2.31. The van der Waals surface area contributed by atoms with Gasteiger partial charge in [0.1, 0.15) is 0 Å². The van der Waals surface area contributed by atoms with Crippen LogP contribution in [0.15, 0.2) is 24.3 Å². The van der Waals surface area contributed by atoms with Crippen molar-refractivity contribution in [3.8, 4) is 0 Å². The van der Waals surface area contributed by atoms with Crippen LogP contribution in [0.3, 0.4) is 0 Å². The van der Waals surface area contributed by atoms with E-state index >= 15 is 0 Å². The van der Waals surface area contributed by atoms with E-state index < -0.39 is 17.8 Å². The third-order valence-electron chi connectivity index (χ3n) is 2.59. The van der Waals surface area contributed by atoms with Gasteiger partial charge in [0.15, 0.2) is 0 Å². The summed E-state index contributed by atoms with van der Waals surface area (Å²) in [6.07, 6.45) is -5.05. The first-order valence-electron chi connectivity index (χ1n) is 5.16. The highest BCUT2D eigenvalue weighted by Gasteiger charge is 2.31. The topological polar surface area (TPSA) is 41.5 Å². The number of rotatable bonds is 2. The summed E-state index contributed by atoms with van der Waals surface area (Å²) in [5.74, 6) is 0. The molecule has 94 valence electrons. The van der Waals surface area contributed by atoms with Crippen LogP contribution in [0.1, 0.15) is 5.56 Å². The lowest BCUT2D eigenvalue weighted by Crippen LogP contribution is -2.31. The summed E-state index contributed by atoms with van der Waals surface area (Å²) in [5.41, 5.74) is -0.384. The van der Waals surface area contributed by atoms with Crippen LogP contribution < -0.4 is 5.32 Å². The quantitative estimate of drug-likeness (QED) is 0.838. The van der Waals surface area contributed by atoms with Crippen molar-refractivity contribution in [2.75, 3.05) is 18.5 Å². The van der Waals surface area contributed by atoms with E-state index in [-0.39, 0.29) is 19.3 Å². The number of nitrogens with one attached hydrogen (secondary N) is 1. The van der Waals surface area contributed by atoms with Gasteiger partial charge in [0.05, 0.1) is 30.9 Å². The number of aliphatic hydroxyl groups excluding tert-OH is 1. The summed E-state index contributed by atoms with van der Waals surface area (Å²) in [5, 5.41) is 12.3. The number of halogens is 3. The molecule has 1 saturated heterocycles. The maximum atomic E-state index is 12.5. The highest BCUT2D eigenvalue weighted by atomic mass is 19.4. The van der Waals surface area contributed by atoms with Crippen molar-refractivity contribution in [2.24, 2.45) is 0 Å². The van der Waals surface area contributed by atoms with E-state index in [0.717, 1.165) is 12.1 Å². The van der Waals surface area contributed by atoms with Crippen LogP contribution in [-0.4, -0.2) is 30.5 Å². The minimum atomic E-state index is -4.36.